The number of phosphoric acid groups is 2. The highest BCUT2D eigenvalue weighted by molar-refractivity contribution is 7.43. The molecule has 8 nitrogen and oxygen atoms in total. The Hall–Kier alpha value is -4.00. The minimum atomic E-state index is -5.56. The van der Waals surface area contributed by atoms with E-state index in [1.165, 1.54) is 44.5 Å². The van der Waals surface area contributed by atoms with Gasteiger partial charge >= 0.3 is 0 Å². The van der Waals surface area contributed by atoms with Gasteiger partial charge in [0.15, 0.2) is 0 Å². The molecule has 0 heterocycles. The lowest BCUT2D eigenvalue weighted by atomic mass is 9.74. The Bertz CT molecular complexity index is 2340. The number of hydrogen-bond donors (Lipinski definition) is 0. The molecule has 258 valence electrons. The first-order valence-electron chi connectivity index (χ1n) is 18.2. The standard InChI is InChI=1S/C42H32O8P2/c43-51(44,45)49-41-37-33-15-34(30-12-26-22-9-21(25(26)11-29(30)33)17-5-1-2-6-18(17)22)38(37)42(50-52(46,47)48)40-36-16-35(39(40)41)31-13-27-23-10-24(28(27)14-32(31)36)20-8-4-3-7-19(20)23/h1-8,11-14,21-24,33-36H,9-10,15-16H2,(H2,43,44,45)(H2,46,47,48)/p-4/t21-,22?,23?,24?,33-,34?,35?,36?/m0/s1. The van der Waals surface area contributed by atoms with E-state index in [0.717, 1.165) is 35.1 Å². The van der Waals surface area contributed by atoms with Crippen LogP contribution in [0.15, 0.2) is 72.8 Å². The number of hydrogen-bond acceptors (Lipinski definition) is 8. The second kappa shape index (κ2) is 9.19. The zero-order chi connectivity index (χ0) is 34.7. The van der Waals surface area contributed by atoms with E-state index >= 15 is 0 Å². The normalized spacial score (nSPS) is 29.0. The lowest BCUT2D eigenvalue weighted by molar-refractivity contribution is -0.336. The van der Waals surface area contributed by atoms with Crippen molar-refractivity contribution in [1.82, 2.24) is 0 Å². The van der Waals surface area contributed by atoms with Crippen molar-refractivity contribution in [2.75, 3.05) is 0 Å². The van der Waals surface area contributed by atoms with Crippen molar-refractivity contribution in [2.45, 2.75) is 73.0 Å². The summed E-state index contributed by atoms with van der Waals surface area (Å²) < 4.78 is 36.3. The maximum absolute atomic E-state index is 12.6. The van der Waals surface area contributed by atoms with Gasteiger partial charge in [-0.3, -0.25) is 0 Å². The Kier molecular flexibility index (Phi) is 5.21. The molecule has 0 aromatic heterocycles. The minimum absolute atomic E-state index is 0.0216. The molecule has 6 unspecified atom stereocenters. The van der Waals surface area contributed by atoms with E-state index in [0.29, 0.717) is 35.1 Å². The summed E-state index contributed by atoms with van der Waals surface area (Å²) in [5.41, 5.74) is 16.6. The molecule has 10 heteroatoms. The molecule has 0 N–H and O–H groups in total. The van der Waals surface area contributed by atoms with Crippen LogP contribution in [0.25, 0.3) is 0 Å². The monoisotopic (exact) mass is 722 g/mol. The largest absolute Gasteiger partial charge is 0.780 e. The molecule has 8 aliphatic carbocycles. The predicted molar refractivity (Wildman–Crippen MR) is 182 cm³/mol. The maximum Gasteiger partial charge on any atom is 0.132 e. The van der Waals surface area contributed by atoms with Gasteiger partial charge in [-0.2, -0.15) is 0 Å². The van der Waals surface area contributed by atoms with Crippen molar-refractivity contribution in [2.24, 2.45) is 0 Å². The molecule has 0 spiro atoms. The maximum atomic E-state index is 12.6. The van der Waals surface area contributed by atoms with Gasteiger partial charge in [-0.1, -0.05) is 72.8 Å². The van der Waals surface area contributed by atoms with E-state index in [1.807, 2.05) is 0 Å². The molecule has 0 amide bonds. The molecule has 0 saturated carbocycles. The number of benzene rings is 5. The van der Waals surface area contributed by atoms with Gasteiger partial charge in [-0.25, -0.2) is 0 Å². The quantitative estimate of drug-likeness (QED) is 0.205. The molecule has 8 atom stereocenters. The summed E-state index contributed by atoms with van der Waals surface area (Å²) in [6.07, 6.45) is 3.10. The Labute approximate surface area is 298 Å². The van der Waals surface area contributed by atoms with E-state index in [9.17, 15) is 28.7 Å². The van der Waals surface area contributed by atoms with Gasteiger partial charge in [0, 0.05) is 69.6 Å². The smallest absolute Gasteiger partial charge is 0.132 e. The number of fused-ring (bicyclic) bond motifs is 32. The second-order valence-electron chi connectivity index (χ2n) is 16.2. The van der Waals surface area contributed by atoms with Crippen LogP contribution < -0.4 is 28.6 Å². The Morgan fingerprint density at radius 1 is 0.385 bits per heavy atom. The first-order valence-corrected chi connectivity index (χ1v) is 21.1. The molecule has 5 aromatic rings. The Balaban J connectivity index is 1.03. The lowest BCUT2D eigenvalue weighted by Crippen LogP contribution is -2.24. The average molecular weight is 723 g/mol. The third-order valence-corrected chi connectivity index (χ3v) is 15.1. The zero-order valence-corrected chi connectivity index (χ0v) is 29.3. The summed E-state index contributed by atoms with van der Waals surface area (Å²) in [5.74, 6) is -0.203. The highest BCUT2D eigenvalue weighted by Crippen LogP contribution is 2.72. The van der Waals surface area contributed by atoms with Crippen LogP contribution in [0.4, 0.5) is 0 Å². The summed E-state index contributed by atoms with van der Waals surface area (Å²) in [7, 11) is -11.1. The van der Waals surface area contributed by atoms with Crippen LogP contribution in [0.3, 0.4) is 0 Å². The van der Waals surface area contributed by atoms with Crippen LogP contribution in [0.2, 0.25) is 0 Å². The molecule has 0 aliphatic heterocycles. The van der Waals surface area contributed by atoms with Crippen LogP contribution in [0, 0.1) is 0 Å². The fourth-order valence-electron chi connectivity index (χ4n) is 12.9. The van der Waals surface area contributed by atoms with Crippen molar-refractivity contribution in [3.8, 4) is 11.5 Å². The zero-order valence-electron chi connectivity index (χ0n) is 27.5. The molecule has 0 saturated heterocycles. The van der Waals surface area contributed by atoms with Crippen molar-refractivity contribution in [1.29, 1.82) is 0 Å². The topological polar surface area (TPSA) is 145 Å². The van der Waals surface area contributed by atoms with Crippen LogP contribution in [-0.4, -0.2) is 0 Å². The number of phosphoric ester groups is 2. The van der Waals surface area contributed by atoms with Crippen LogP contribution in [0.5, 0.6) is 11.5 Å². The summed E-state index contributed by atoms with van der Waals surface area (Å²) in [6.45, 7) is 0. The highest BCUT2D eigenvalue weighted by atomic mass is 31.2. The molecule has 8 aliphatic rings. The first-order chi connectivity index (χ1) is 25.0. The van der Waals surface area contributed by atoms with E-state index in [2.05, 4.69) is 72.8 Å². The summed E-state index contributed by atoms with van der Waals surface area (Å²) in [4.78, 5) is 50.4. The van der Waals surface area contributed by atoms with Gasteiger partial charge in [0.1, 0.15) is 27.1 Å². The van der Waals surface area contributed by atoms with Gasteiger partial charge in [0.25, 0.3) is 0 Å². The fraction of sp³-hybridized carbons (Fsp3) is 0.286. The second-order valence-corrected chi connectivity index (χ2v) is 18.4. The highest BCUT2D eigenvalue weighted by Gasteiger charge is 2.55. The van der Waals surface area contributed by atoms with E-state index in [1.54, 1.807) is 0 Å². The minimum Gasteiger partial charge on any atom is -0.780 e. The molecule has 8 bridgehead atoms. The van der Waals surface area contributed by atoms with Gasteiger partial charge in [-0.05, 0) is 92.4 Å². The summed E-state index contributed by atoms with van der Waals surface area (Å²) >= 11 is 0. The van der Waals surface area contributed by atoms with Crippen LogP contribution in [0.1, 0.15) is 162 Å². The third-order valence-electron chi connectivity index (χ3n) is 14.3. The molecule has 52 heavy (non-hydrogen) atoms. The Morgan fingerprint density at radius 2 is 0.615 bits per heavy atom. The van der Waals surface area contributed by atoms with E-state index in [4.69, 9.17) is 9.05 Å². The summed E-state index contributed by atoms with van der Waals surface area (Å²) in [5, 5.41) is 0. The third kappa shape index (κ3) is 3.46. The average Bonchev–Trinajstić information content (AvgIpc) is 3.98. The van der Waals surface area contributed by atoms with Crippen LogP contribution in [-0.2, 0) is 9.13 Å². The molecular weight excluding hydrogens is 694 g/mol. The van der Waals surface area contributed by atoms with Gasteiger partial charge < -0.3 is 37.8 Å². The Morgan fingerprint density at radius 3 is 0.865 bits per heavy atom. The number of rotatable bonds is 4. The van der Waals surface area contributed by atoms with Crippen molar-refractivity contribution >= 4 is 15.6 Å². The first kappa shape index (κ1) is 29.5. The molecule has 0 radical (unpaired) electrons. The van der Waals surface area contributed by atoms with Crippen molar-refractivity contribution in [3.05, 3.63) is 162 Å². The molecular formula is C42H28O8P2-4. The van der Waals surface area contributed by atoms with E-state index < -0.39 is 15.6 Å². The van der Waals surface area contributed by atoms with Crippen LogP contribution >= 0.6 is 15.6 Å². The van der Waals surface area contributed by atoms with Gasteiger partial charge in [0.05, 0.1) is 0 Å². The SMILES string of the molecule is O=P([O-])([O-])Oc1c2c(c(OP(=O)([O-])[O-])c3c1C1C[C@H]3c3cc4c(cc31)C1C[C@H]4c3ccccc31)C1CC2c2cc3c(cc21)C1CC3c2ccccc21. The predicted octanol–water partition coefficient (Wildman–Crippen LogP) is 6.03. The summed E-state index contributed by atoms with van der Waals surface area (Å²) in [6, 6.07) is 26.2. The van der Waals surface area contributed by atoms with Gasteiger partial charge in [0.2, 0.25) is 0 Å². The van der Waals surface area contributed by atoms with Crippen molar-refractivity contribution in [3.63, 3.8) is 0 Å². The fourth-order valence-corrected chi connectivity index (χ4v) is 13.7. The molecule has 0 fully saturated rings. The van der Waals surface area contributed by atoms with E-state index in [-0.39, 0.29) is 58.8 Å². The van der Waals surface area contributed by atoms with Crippen molar-refractivity contribution < 1.29 is 37.8 Å². The molecule has 5 aromatic carbocycles. The van der Waals surface area contributed by atoms with Gasteiger partial charge in [-0.15, -0.1) is 0 Å². The lowest BCUT2D eigenvalue weighted by Gasteiger charge is -2.39. The molecule has 13 rings (SSSR count).